The lowest BCUT2D eigenvalue weighted by Crippen LogP contribution is -1.86. The number of methoxy groups -OCH3 is 1. The zero-order valence-electron chi connectivity index (χ0n) is 10.3. The van der Waals surface area contributed by atoms with E-state index in [1.165, 1.54) is 15.7 Å². The Morgan fingerprint density at radius 1 is 1.00 bits per heavy atom. The number of ether oxygens (including phenoxy) is 1. The minimum absolute atomic E-state index is 0.955. The van der Waals surface area contributed by atoms with Crippen LogP contribution in [0.25, 0.3) is 10.8 Å². The van der Waals surface area contributed by atoms with Crippen LogP contribution in [-0.4, -0.2) is 13.4 Å². The summed E-state index contributed by atoms with van der Waals surface area (Å²) in [7, 11) is 1.71. The Hall–Kier alpha value is -1.15. The Morgan fingerprint density at radius 3 is 2.31 bits per heavy atom. The maximum atomic E-state index is 5.32. The molecule has 16 heavy (non-hydrogen) atoms. The average molecular weight is 234 g/mol. The van der Waals surface area contributed by atoms with E-state index in [1.54, 1.807) is 18.9 Å². The number of thioether (sulfide) groups is 1. The Morgan fingerprint density at radius 2 is 1.69 bits per heavy atom. The van der Waals surface area contributed by atoms with E-state index >= 15 is 0 Å². The molecule has 0 aliphatic heterocycles. The molecule has 0 heterocycles. The third-order valence-corrected chi connectivity index (χ3v) is 3.10. The van der Waals surface area contributed by atoms with Crippen molar-refractivity contribution in [2.45, 2.75) is 18.7 Å². The molecule has 1 nitrogen and oxygen atoms in total. The molecule has 0 N–H and O–H groups in total. The van der Waals surface area contributed by atoms with E-state index in [-0.39, 0.29) is 0 Å². The molecule has 0 saturated heterocycles. The molecule has 2 aromatic carbocycles. The Labute approximate surface area is 102 Å². The van der Waals surface area contributed by atoms with Gasteiger partial charge in [0.1, 0.15) is 5.75 Å². The summed E-state index contributed by atoms with van der Waals surface area (Å²) in [4.78, 5) is 1.21. The van der Waals surface area contributed by atoms with E-state index in [9.17, 15) is 0 Å². The first-order chi connectivity index (χ1) is 7.86. The lowest BCUT2D eigenvalue weighted by molar-refractivity contribution is 0.406. The molecule has 0 fully saturated rings. The van der Waals surface area contributed by atoms with Crippen molar-refractivity contribution >= 4 is 22.5 Å². The zero-order chi connectivity index (χ0) is 12.0. The van der Waals surface area contributed by atoms with E-state index in [0.29, 0.717) is 0 Å². The molecular formula is C14H18OS. The summed E-state index contributed by atoms with van der Waals surface area (Å²) in [6, 6.07) is 12.5. The summed E-state index contributed by atoms with van der Waals surface area (Å²) in [5, 5.41) is 2.53. The van der Waals surface area contributed by atoms with Crippen LogP contribution in [-0.2, 0) is 0 Å². The van der Waals surface area contributed by atoms with Crippen molar-refractivity contribution in [1.29, 1.82) is 0 Å². The predicted molar refractivity (Wildman–Crippen MR) is 73.6 cm³/mol. The minimum Gasteiger partial charge on any atom is -0.496 e. The normalized spacial score (nSPS) is 9.50. The molecule has 2 heteroatoms. The minimum atomic E-state index is 0.955. The fourth-order valence-electron chi connectivity index (χ4n) is 1.59. The van der Waals surface area contributed by atoms with Gasteiger partial charge in [0.2, 0.25) is 0 Å². The molecule has 0 radical (unpaired) electrons. The van der Waals surface area contributed by atoms with E-state index in [4.69, 9.17) is 4.74 Å². The summed E-state index contributed by atoms with van der Waals surface area (Å²) in [5.41, 5.74) is 0. The summed E-state index contributed by atoms with van der Waals surface area (Å²) in [5.74, 6) is 0.955. The Balaban J connectivity index is 0.000000606. The molecule has 0 bridgehead atoms. The molecule has 0 saturated carbocycles. The number of benzene rings is 2. The van der Waals surface area contributed by atoms with Gasteiger partial charge in [-0.3, -0.25) is 0 Å². The highest BCUT2D eigenvalue weighted by Gasteiger charge is 2.05. The highest BCUT2D eigenvalue weighted by molar-refractivity contribution is 7.99. The molecule has 2 rings (SSSR count). The molecule has 0 aromatic heterocycles. The summed E-state index contributed by atoms with van der Waals surface area (Å²) in [6.07, 6.45) is 2.07. The van der Waals surface area contributed by atoms with E-state index in [2.05, 4.69) is 36.6 Å². The van der Waals surface area contributed by atoms with Gasteiger partial charge in [0.15, 0.2) is 0 Å². The lowest BCUT2D eigenvalue weighted by Gasteiger charge is -2.09. The van der Waals surface area contributed by atoms with Gasteiger partial charge in [-0.1, -0.05) is 44.2 Å². The maximum Gasteiger partial charge on any atom is 0.133 e. The zero-order valence-corrected chi connectivity index (χ0v) is 11.1. The van der Waals surface area contributed by atoms with E-state index < -0.39 is 0 Å². The molecule has 2 aromatic rings. The predicted octanol–water partition coefficient (Wildman–Crippen LogP) is 4.60. The van der Waals surface area contributed by atoms with Crippen molar-refractivity contribution in [2.24, 2.45) is 0 Å². The first-order valence-corrected chi connectivity index (χ1v) is 6.69. The highest BCUT2D eigenvalue weighted by atomic mass is 32.2. The van der Waals surface area contributed by atoms with Gasteiger partial charge >= 0.3 is 0 Å². The largest absolute Gasteiger partial charge is 0.496 e. The molecule has 0 spiro atoms. The molecule has 86 valence electrons. The standard InChI is InChI=1S/C12H12OS.C2H6/c1-13-11-8-7-9-5-3-4-6-10(9)12(11)14-2;1-2/h3-8H,1-2H3;1-2H3. The van der Waals surface area contributed by atoms with Gasteiger partial charge in [0.25, 0.3) is 0 Å². The van der Waals surface area contributed by atoms with Gasteiger partial charge in [0, 0.05) is 0 Å². The van der Waals surface area contributed by atoms with E-state index in [1.807, 2.05) is 19.9 Å². The average Bonchev–Trinajstić information content (AvgIpc) is 2.39. The van der Waals surface area contributed by atoms with E-state index in [0.717, 1.165) is 5.75 Å². The number of hydrogen-bond acceptors (Lipinski definition) is 2. The SMILES string of the molecule is CC.COc1ccc2ccccc2c1SC. The summed E-state index contributed by atoms with van der Waals surface area (Å²) in [6.45, 7) is 4.00. The van der Waals surface area contributed by atoms with Crippen molar-refractivity contribution in [2.75, 3.05) is 13.4 Å². The van der Waals surface area contributed by atoms with Gasteiger partial charge in [-0.25, -0.2) is 0 Å². The first-order valence-electron chi connectivity index (χ1n) is 5.46. The maximum absolute atomic E-state index is 5.32. The van der Waals surface area contributed by atoms with Crippen molar-refractivity contribution in [1.82, 2.24) is 0 Å². The topological polar surface area (TPSA) is 9.23 Å². The van der Waals surface area contributed by atoms with Crippen molar-refractivity contribution in [3.63, 3.8) is 0 Å². The van der Waals surface area contributed by atoms with Crippen molar-refractivity contribution in [3.05, 3.63) is 36.4 Å². The number of fused-ring (bicyclic) bond motifs is 1. The third kappa shape index (κ3) is 2.50. The van der Waals surface area contributed by atoms with Crippen LogP contribution in [0, 0.1) is 0 Å². The van der Waals surface area contributed by atoms with Crippen LogP contribution >= 0.6 is 11.8 Å². The molecule has 0 unspecified atom stereocenters. The van der Waals surface area contributed by atoms with Crippen LogP contribution in [0.2, 0.25) is 0 Å². The molecule has 0 aliphatic rings. The highest BCUT2D eigenvalue weighted by Crippen LogP contribution is 2.34. The Bertz CT molecular complexity index is 451. The van der Waals surface area contributed by atoms with Crippen LogP contribution in [0.15, 0.2) is 41.3 Å². The van der Waals surface area contributed by atoms with Crippen molar-refractivity contribution < 1.29 is 4.74 Å². The van der Waals surface area contributed by atoms with Gasteiger partial charge in [-0.05, 0) is 23.1 Å². The second kappa shape index (κ2) is 6.44. The third-order valence-electron chi connectivity index (χ3n) is 2.27. The van der Waals surface area contributed by atoms with Crippen LogP contribution in [0.3, 0.4) is 0 Å². The van der Waals surface area contributed by atoms with Gasteiger partial charge < -0.3 is 4.74 Å². The molecular weight excluding hydrogens is 216 g/mol. The van der Waals surface area contributed by atoms with Crippen molar-refractivity contribution in [3.8, 4) is 5.75 Å². The monoisotopic (exact) mass is 234 g/mol. The Kier molecular flexibility index (Phi) is 5.20. The molecule has 0 aliphatic carbocycles. The smallest absolute Gasteiger partial charge is 0.133 e. The van der Waals surface area contributed by atoms with Crippen LogP contribution in [0.5, 0.6) is 5.75 Å². The quantitative estimate of drug-likeness (QED) is 0.702. The fourth-order valence-corrected chi connectivity index (χ4v) is 2.35. The first kappa shape index (κ1) is 12.9. The number of hydrogen-bond donors (Lipinski definition) is 0. The van der Waals surface area contributed by atoms with Crippen LogP contribution < -0.4 is 4.74 Å². The summed E-state index contributed by atoms with van der Waals surface area (Å²) >= 11 is 1.72. The second-order valence-corrected chi connectivity index (χ2v) is 3.84. The summed E-state index contributed by atoms with van der Waals surface area (Å²) < 4.78 is 5.32. The van der Waals surface area contributed by atoms with Gasteiger partial charge in [0.05, 0.1) is 12.0 Å². The van der Waals surface area contributed by atoms with Crippen LogP contribution in [0.4, 0.5) is 0 Å². The van der Waals surface area contributed by atoms with Crippen LogP contribution in [0.1, 0.15) is 13.8 Å². The number of rotatable bonds is 2. The van der Waals surface area contributed by atoms with Gasteiger partial charge in [-0.15, -0.1) is 11.8 Å². The molecule has 0 atom stereocenters. The fraction of sp³-hybridized carbons (Fsp3) is 0.286. The molecule has 0 amide bonds. The lowest BCUT2D eigenvalue weighted by atomic mass is 10.1. The second-order valence-electron chi connectivity index (χ2n) is 3.02. The van der Waals surface area contributed by atoms with Gasteiger partial charge in [-0.2, -0.15) is 0 Å².